The van der Waals surface area contributed by atoms with Crippen molar-refractivity contribution in [2.45, 2.75) is 58.7 Å². The Hall–Kier alpha value is -1.55. The van der Waals surface area contributed by atoms with Gasteiger partial charge in [0.15, 0.2) is 6.10 Å². The second kappa shape index (κ2) is 7.63. The van der Waals surface area contributed by atoms with Gasteiger partial charge in [0.2, 0.25) is 0 Å². The summed E-state index contributed by atoms with van der Waals surface area (Å²) in [4.78, 5) is 12.2. The van der Waals surface area contributed by atoms with Crippen molar-refractivity contribution < 1.29 is 14.6 Å². The monoisotopic (exact) mass is 305 g/mol. The number of ether oxygens (including phenoxy) is 1. The molecule has 1 fully saturated rings. The summed E-state index contributed by atoms with van der Waals surface area (Å²) in [7, 11) is 0. The van der Waals surface area contributed by atoms with Gasteiger partial charge in [0.1, 0.15) is 5.75 Å². The maximum atomic E-state index is 12.2. The van der Waals surface area contributed by atoms with Gasteiger partial charge in [0, 0.05) is 6.54 Å². The Morgan fingerprint density at radius 1 is 1.41 bits per heavy atom. The minimum atomic E-state index is -0.538. The molecule has 0 spiro atoms. The van der Waals surface area contributed by atoms with E-state index < -0.39 is 6.10 Å². The van der Waals surface area contributed by atoms with Gasteiger partial charge in [0.05, 0.1) is 6.61 Å². The smallest absolute Gasteiger partial charge is 0.260 e. The van der Waals surface area contributed by atoms with Crippen molar-refractivity contribution in [3.63, 3.8) is 0 Å². The van der Waals surface area contributed by atoms with Crippen LogP contribution in [0.2, 0.25) is 0 Å². The van der Waals surface area contributed by atoms with Gasteiger partial charge in [-0.05, 0) is 49.3 Å². The summed E-state index contributed by atoms with van der Waals surface area (Å²) in [5.41, 5.74) is 1.06. The Morgan fingerprint density at radius 2 is 2.14 bits per heavy atom. The average Bonchev–Trinajstić information content (AvgIpc) is 3.02. The van der Waals surface area contributed by atoms with E-state index in [0.29, 0.717) is 5.75 Å². The first kappa shape index (κ1) is 16.8. The summed E-state index contributed by atoms with van der Waals surface area (Å²) in [6.45, 7) is 4.68. The summed E-state index contributed by atoms with van der Waals surface area (Å²) >= 11 is 0. The Labute approximate surface area is 132 Å². The van der Waals surface area contributed by atoms with E-state index in [2.05, 4.69) is 12.2 Å². The van der Waals surface area contributed by atoms with Crippen LogP contribution in [0.25, 0.3) is 0 Å². The predicted molar refractivity (Wildman–Crippen MR) is 86.7 cm³/mol. The molecule has 0 radical (unpaired) electrons. The zero-order valence-electron chi connectivity index (χ0n) is 13.6. The number of aliphatic hydroxyl groups excluding tert-OH is 1. The number of benzene rings is 1. The van der Waals surface area contributed by atoms with E-state index in [9.17, 15) is 4.79 Å². The highest BCUT2D eigenvalue weighted by Crippen LogP contribution is 2.40. The lowest BCUT2D eigenvalue weighted by atomic mass is 9.83. The highest BCUT2D eigenvalue weighted by atomic mass is 16.5. The summed E-state index contributed by atoms with van der Waals surface area (Å²) in [6, 6.07) is 7.19. The van der Waals surface area contributed by atoms with Crippen molar-refractivity contribution in [1.82, 2.24) is 5.32 Å². The van der Waals surface area contributed by atoms with E-state index in [-0.39, 0.29) is 17.9 Å². The summed E-state index contributed by atoms with van der Waals surface area (Å²) in [5, 5.41) is 12.2. The number of hydrogen-bond acceptors (Lipinski definition) is 3. The Kier molecular flexibility index (Phi) is 5.83. The van der Waals surface area contributed by atoms with Crippen molar-refractivity contribution in [3.05, 3.63) is 29.8 Å². The van der Waals surface area contributed by atoms with Crippen LogP contribution in [-0.4, -0.2) is 23.7 Å². The number of hydrogen-bond donors (Lipinski definition) is 2. The molecule has 1 aliphatic carbocycles. The summed E-state index contributed by atoms with van der Waals surface area (Å²) in [5.74, 6) is 0.536. The molecule has 4 nitrogen and oxygen atoms in total. The zero-order chi connectivity index (χ0) is 16.0. The van der Waals surface area contributed by atoms with E-state index in [1.807, 2.05) is 12.1 Å². The van der Waals surface area contributed by atoms with Crippen molar-refractivity contribution in [1.29, 1.82) is 0 Å². The molecular formula is C18H27NO3. The molecule has 0 saturated heterocycles. The van der Waals surface area contributed by atoms with Gasteiger partial charge in [-0.3, -0.25) is 4.79 Å². The molecule has 1 aromatic rings. The standard InChI is InChI=1S/C18H27NO3/c1-3-18(9-4-5-10-18)13-19-17(21)14(2)22-16-8-6-7-15(11-16)12-20/h6-8,11,14,20H,3-5,9-10,12-13H2,1-2H3,(H,19,21). The van der Waals surface area contributed by atoms with Crippen LogP contribution in [0.15, 0.2) is 24.3 Å². The minimum absolute atomic E-state index is 0.0310. The molecule has 1 aliphatic rings. The van der Waals surface area contributed by atoms with E-state index in [1.54, 1.807) is 19.1 Å². The lowest BCUT2D eigenvalue weighted by Crippen LogP contribution is -2.42. The Bertz CT molecular complexity index is 495. The molecule has 1 atom stereocenters. The first-order valence-electron chi connectivity index (χ1n) is 8.23. The van der Waals surface area contributed by atoms with E-state index in [1.165, 1.54) is 25.7 Å². The number of aliphatic hydroxyl groups is 1. The Balaban J connectivity index is 1.86. The number of amides is 1. The van der Waals surface area contributed by atoms with Crippen LogP contribution in [0, 0.1) is 5.41 Å². The van der Waals surface area contributed by atoms with Gasteiger partial charge >= 0.3 is 0 Å². The molecule has 122 valence electrons. The van der Waals surface area contributed by atoms with Crippen LogP contribution in [0.5, 0.6) is 5.75 Å². The van der Waals surface area contributed by atoms with Crippen molar-refractivity contribution in [3.8, 4) is 5.75 Å². The number of carbonyl (C=O) groups is 1. The quantitative estimate of drug-likeness (QED) is 0.814. The largest absolute Gasteiger partial charge is 0.481 e. The van der Waals surface area contributed by atoms with Gasteiger partial charge in [0.25, 0.3) is 5.91 Å². The van der Waals surface area contributed by atoms with Crippen molar-refractivity contribution >= 4 is 5.91 Å². The second-order valence-corrected chi connectivity index (χ2v) is 6.34. The van der Waals surface area contributed by atoms with Crippen molar-refractivity contribution in [2.24, 2.45) is 5.41 Å². The number of carbonyl (C=O) groups excluding carboxylic acids is 1. The molecule has 2 rings (SSSR count). The van der Waals surface area contributed by atoms with Crippen LogP contribution < -0.4 is 10.1 Å². The number of nitrogens with one attached hydrogen (secondary N) is 1. The Morgan fingerprint density at radius 3 is 2.77 bits per heavy atom. The normalized spacial score (nSPS) is 18.0. The molecule has 0 aliphatic heterocycles. The number of rotatable bonds is 7. The van der Waals surface area contributed by atoms with E-state index >= 15 is 0 Å². The second-order valence-electron chi connectivity index (χ2n) is 6.34. The average molecular weight is 305 g/mol. The van der Waals surface area contributed by atoms with Crippen LogP contribution in [0.3, 0.4) is 0 Å². The molecule has 4 heteroatoms. The molecule has 22 heavy (non-hydrogen) atoms. The van der Waals surface area contributed by atoms with Crippen LogP contribution in [0.1, 0.15) is 51.5 Å². The third-order valence-corrected chi connectivity index (χ3v) is 4.81. The maximum absolute atomic E-state index is 12.2. The molecule has 0 bridgehead atoms. The lowest BCUT2D eigenvalue weighted by molar-refractivity contribution is -0.127. The maximum Gasteiger partial charge on any atom is 0.260 e. The van der Waals surface area contributed by atoms with Gasteiger partial charge in [-0.25, -0.2) is 0 Å². The predicted octanol–water partition coefficient (Wildman–Crippen LogP) is 3.03. The van der Waals surface area contributed by atoms with Gasteiger partial charge < -0.3 is 15.2 Å². The SMILES string of the molecule is CCC1(CNC(=O)C(C)Oc2cccc(CO)c2)CCCC1. The van der Waals surface area contributed by atoms with Crippen LogP contribution in [0.4, 0.5) is 0 Å². The zero-order valence-corrected chi connectivity index (χ0v) is 13.6. The molecule has 1 saturated carbocycles. The van der Waals surface area contributed by atoms with E-state index in [0.717, 1.165) is 18.5 Å². The van der Waals surface area contributed by atoms with Crippen LogP contribution >= 0.6 is 0 Å². The van der Waals surface area contributed by atoms with Crippen LogP contribution in [-0.2, 0) is 11.4 Å². The molecule has 1 aromatic carbocycles. The third-order valence-electron chi connectivity index (χ3n) is 4.81. The molecule has 2 N–H and O–H groups in total. The fourth-order valence-electron chi connectivity index (χ4n) is 3.17. The van der Waals surface area contributed by atoms with E-state index in [4.69, 9.17) is 9.84 Å². The highest BCUT2D eigenvalue weighted by Gasteiger charge is 2.32. The molecule has 0 aromatic heterocycles. The first-order chi connectivity index (χ1) is 10.6. The fourth-order valence-corrected chi connectivity index (χ4v) is 3.17. The van der Waals surface area contributed by atoms with Gasteiger partial charge in [-0.1, -0.05) is 31.9 Å². The van der Waals surface area contributed by atoms with Gasteiger partial charge in [-0.15, -0.1) is 0 Å². The summed E-state index contributed by atoms with van der Waals surface area (Å²) < 4.78 is 5.68. The molecular weight excluding hydrogens is 278 g/mol. The first-order valence-corrected chi connectivity index (χ1v) is 8.23. The fraction of sp³-hybridized carbons (Fsp3) is 0.611. The van der Waals surface area contributed by atoms with Crippen molar-refractivity contribution in [2.75, 3.05) is 6.54 Å². The highest BCUT2D eigenvalue weighted by molar-refractivity contribution is 5.80. The molecule has 0 heterocycles. The molecule has 1 unspecified atom stereocenters. The third kappa shape index (κ3) is 4.23. The lowest BCUT2D eigenvalue weighted by Gasteiger charge is -2.28. The molecule has 1 amide bonds. The summed E-state index contributed by atoms with van der Waals surface area (Å²) in [6.07, 6.45) is 5.52. The van der Waals surface area contributed by atoms with Gasteiger partial charge in [-0.2, -0.15) is 0 Å². The topological polar surface area (TPSA) is 58.6 Å². The minimum Gasteiger partial charge on any atom is -0.481 e.